The minimum atomic E-state index is -1.07. The predicted molar refractivity (Wildman–Crippen MR) is 131 cm³/mol. The molecular formula is C27H32FN3O3. The third-order valence-corrected chi connectivity index (χ3v) is 6.40. The van der Waals surface area contributed by atoms with E-state index in [9.17, 15) is 18.8 Å². The normalized spacial score (nSPS) is 17.8. The quantitative estimate of drug-likeness (QED) is 0.481. The lowest BCUT2D eigenvalue weighted by Crippen LogP contribution is -2.43. The van der Waals surface area contributed by atoms with Gasteiger partial charge in [-0.15, -0.1) is 0 Å². The largest absolute Gasteiger partial charge is 0.326 e. The van der Waals surface area contributed by atoms with Gasteiger partial charge in [-0.25, -0.2) is 4.39 Å². The van der Waals surface area contributed by atoms with Crippen LogP contribution in [0.5, 0.6) is 0 Å². The van der Waals surface area contributed by atoms with Gasteiger partial charge >= 0.3 is 0 Å². The summed E-state index contributed by atoms with van der Waals surface area (Å²) in [4.78, 5) is 44.8. The number of aliphatic imine (C=N–C) groups is 1. The van der Waals surface area contributed by atoms with Gasteiger partial charge in [-0.1, -0.05) is 57.5 Å². The molecule has 1 atom stereocenters. The number of nitrogens with one attached hydrogen (secondary N) is 1. The monoisotopic (exact) mass is 465 g/mol. The van der Waals surface area contributed by atoms with E-state index in [0.29, 0.717) is 30.8 Å². The number of amidine groups is 1. The molecule has 7 heteroatoms. The molecule has 0 bridgehead atoms. The van der Waals surface area contributed by atoms with Crippen molar-refractivity contribution in [1.29, 1.82) is 0 Å². The molecule has 0 aromatic heterocycles. The summed E-state index contributed by atoms with van der Waals surface area (Å²) < 4.78 is 14.8. The number of carbonyl (C=O) groups excluding carboxylic acids is 3. The van der Waals surface area contributed by atoms with Crippen LogP contribution < -0.4 is 5.32 Å². The molecule has 3 rings (SSSR count). The zero-order valence-corrected chi connectivity index (χ0v) is 20.2. The smallest absolute Gasteiger partial charge is 0.260 e. The van der Waals surface area contributed by atoms with E-state index in [0.717, 1.165) is 18.1 Å². The summed E-state index contributed by atoms with van der Waals surface area (Å²) in [5.74, 6) is -1.44. The third kappa shape index (κ3) is 4.93. The third-order valence-electron chi connectivity index (χ3n) is 6.40. The maximum absolute atomic E-state index is 14.8. The van der Waals surface area contributed by atoms with Crippen molar-refractivity contribution < 1.29 is 18.8 Å². The van der Waals surface area contributed by atoms with Gasteiger partial charge in [-0.2, -0.15) is 0 Å². The molecule has 2 aromatic carbocycles. The van der Waals surface area contributed by atoms with E-state index in [1.165, 1.54) is 17.0 Å². The first-order chi connectivity index (χ1) is 16.3. The standard InChI is InChI=1S/C27H32FN3O3/c1-5-15-27(20-11-9-8-10-12-20)26(34)31(18(4)30-27)17-24(32)22-14-13-21(16-23(22)28)29-25(33)19(6-2)7-3/h8-14,16,19H,5-7,15,17H2,1-4H3,(H,29,33). The number of halogens is 1. The number of carbonyl (C=O) groups is 3. The van der Waals surface area contributed by atoms with Gasteiger partial charge in [0.05, 0.1) is 12.1 Å². The second-order valence-corrected chi connectivity index (χ2v) is 8.65. The average molecular weight is 466 g/mol. The highest BCUT2D eigenvalue weighted by Crippen LogP contribution is 2.38. The second-order valence-electron chi connectivity index (χ2n) is 8.65. The number of benzene rings is 2. The van der Waals surface area contributed by atoms with Crippen LogP contribution in [0.1, 0.15) is 69.3 Å². The predicted octanol–water partition coefficient (Wildman–Crippen LogP) is 5.34. The molecule has 2 amide bonds. The lowest BCUT2D eigenvalue weighted by Gasteiger charge is -2.26. The minimum Gasteiger partial charge on any atom is -0.326 e. The van der Waals surface area contributed by atoms with Gasteiger partial charge in [0.2, 0.25) is 5.91 Å². The van der Waals surface area contributed by atoms with E-state index >= 15 is 0 Å². The Balaban J connectivity index is 1.79. The molecular weight excluding hydrogens is 433 g/mol. The highest BCUT2D eigenvalue weighted by molar-refractivity contribution is 6.11. The molecule has 0 saturated carbocycles. The average Bonchev–Trinajstić information content (AvgIpc) is 3.05. The lowest BCUT2D eigenvalue weighted by atomic mass is 9.85. The molecule has 0 fully saturated rings. The fourth-order valence-electron chi connectivity index (χ4n) is 4.46. The number of Topliss-reactive ketones (excluding diaryl/α,β-unsaturated/α-hetero) is 1. The first-order valence-corrected chi connectivity index (χ1v) is 11.8. The van der Waals surface area contributed by atoms with Gasteiger partial charge in [0.25, 0.3) is 5.91 Å². The lowest BCUT2D eigenvalue weighted by molar-refractivity contribution is -0.131. The van der Waals surface area contributed by atoms with Crippen LogP contribution in [-0.4, -0.2) is 34.9 Å². The fraction of sp³-hybridized carbons (Fsp3) is 0.407. The maximum Gasteiger partial charge on any atom is 0.260 e. The molecule has 6 nitrogen and oxygen atoms in total. The van der Waals surface area contributed by atoms with Gasteiger partial charge in [0, 0.05) is 11.6 Å². The second kappa shape index (κ2) is 10.7. The first-order valence-electron chi connectivity index (χ1n) is 11.8. The number of hydrogen-bond donors (Lipinski definition) is 1. The summed E-state index contributed by atoms with van der Waals surface area (Å²) in [7, 11) is 0. The van der Waals surface area contributed by atoms with E-state index in [1.54, 1.807) is 6.92 Å². The fourth-order valence-corrected chi connectivity index (χ4v) is 4.46. The van der Waals surface area contributed by atoms with Crippen molar-refractivity contribution >= 4 is 29.1 Å². The van der Waals surface area contributed by atoms with E-state index in [4.69, 9.17) is 4.99 Å². The number of amides is 2. The van der Waals surface area contributed by atoms with Crippen LogP contribution in [0.15, 0.2) is 53.5 Å². The Morgan fingerprint density at radius 3 is 2.35 bits per heavy atom. The minimum absolute atomic E-state index is 0.131. The van der Waals surface area contributed by atoms with Crippen molar-refractivity contribution in [1.82, 2.24) is 4.90 Å². The molecule has 1 N–H and O–H groups in total. The van der Waals surface area contributed by atoms with Crippen molar-refractivity contribution in [2.75, 3.05) is 11.9 Å². The molecule has 180 valence electrons. The summed E-state index contributed by atoms with van der Waals surface area (Å²) in [6, 6.07) is 13.3. The van der Waals surface area contributed by atoms with Crippen molar-refractivity contribution in [2.45, 2.75) is 58.9 Å². The zero-order chi connectivity index (χ0) is 24.9. The molecule has 1 aliphatic rings. The van der Waals surface area contributed by atoms with Crippen molar-refractivity contribution in [3.05, 3.63) is 65.5 Å². The molecule has 0 radical (unpaired) electrons. The molecule has 2 aromatic rings. The summed E-state index contributed by atoms with van der Waals surface area (Å²) >= 11 is 0. The van der Waals surface area contributed by atoms with Crippen LogP contribution in [0, 0.1) is 11.7 Å². The van der Waals surface area contributed by atoms with Gasteiger partial charge in [0.1, 0.15) is 11.7 Å². The van der Waals surface area contributed by atoms with Crippen LogP contribution in [0.4, 0.5) is 10.1 Å². The van der Waals surface area contributed by atoms with E-state index < -0.39 is 17.1 Å². The highest BCUT2D eigenvalue weighted by atomic mass is 19.1. The zero-order valence-electron chi connectivity index (χ0n) is 20.2. The Morgan fingerprint density at radius 1 is 1.09 bits per heavy atom. The van der Waals surface area contributed by atoms with Gasteiger partial charge in [0.15, 0.2) is 11.3 Å². The number of rotatable bonds is 10. The van der Waals surface area contributed by atoms with Crippen molar-refractivity contribution in [3.63, 3.8) is 0 Å². The Hall–Kier alpha value is -3.35. The van der Waals surface area contributed by atoms with E-state index in [-0.39, 0.29) is 29.8 Å². The van der Waals surface area contributed by atoms with Crippen LogP contribution in [0.3, 0.4) is 0 Å². The SMILES string of the molecule is CCCC1(c2ccccc2)N=C(C)N(CC(=O)c2ccc(NC(=O)C(CC)CC)cc2F)C1=O. The number of anilines is 1. The topological polar surface area (TPSA) is 78.8 Å². The van der Waals surface area contributed by atoms with Gasteiger partial charge < -0.3 is 5.32 Å². The molecule has 0 spiro atoms. The van der Waals surface area contributed by atoms with Crippen LogP contribution >= 0.6 is 0 Å². The van der Waals surface area contributed by atoms with Gasteiger partial charge in [-0.05, 0) is 49.9 Å². The molecule has 0 aliphatic carbocycles. The van der Waals surface area contributed by atoms with E-state index in [1.807, 2.05) is 51.1 Å². The molecule has 1 aliphatic heterocycles. The Morgan fingerprint density at radius 2 is 1.76 bits per heavy atom. The molecule has 34 heavy (non-hydrogen) atoms. The Kier molecular flexibility index (Phi) is 7.97. The van der Waals surface area contributed by atoms with Crippen molar-refractivity contribution in [2.24, 2.45) is 10.9 Å². The highest BCUT2D eigenvalue weighted by Gasteiger charge is 2.48. The van der Waals surface area contributed by atoms with Gasteiger partial charge in [-0.3, -0.25) is 24.3 Å². The number of ketones is 1. The van der Waals surface area contributed by atoms with Crippen molar-refractivity contribution in [3.8, 4) is 0 Å². The van der Waals surface area contributed by atoms with Crippen LogP contribution in [0.2, 0.25) is 0 Å². The summed E-state index contributed by atoms with van der Waals surface area (Å²) in [6.07, 6.45) is 2.62. The van der Waals surface area contributed by atoms with E-state index in [2.05, 4.69) is 5.32 Å². The van der Waals surface area contributed by atoms with Crippen LogP contribution in [0.25, 0.3) is 0 Å². The molecule has 1 heterocycles. The Bertz CT molecular complexity index is 1100. The molecule has 1 unspecified atom stereocenters. The summed E-state index contributed by atoms with van der Waals surface area (Å²) in [6.45, 7) is 7.22. The summed E-state index contributed by atoms with van der Waals surface area (Å²) in [5.41, 5.74) is -0.122. The first kappa shape index (κ1) is 25.3. The summed E-state index contributed by atoms with van der Waals surface area (Å²) in [5, 5.41) is 2.71. The van der Waals surface area contributed by atoms with Crippen LogP contribution in [-0.2, 0) is 15.1 Å². The maximum atomic E-state index is 14.8. The Labute approximate surface area is 200 Å². The number of hydrogen-bond acceptors (Lipinski definition) is 4. The number of nitrogens with zero attached hydrogens (tertiary/aromatic N) is 2. The molecule has 0 saturated heterocycles.